The Morgan fingerprint density at radius 3 is 2.33 bits per heavy atom. The highest BCUT2D eigenvalue weighted by Gasteiger charge is 2.25. The summed E-state index contributed by atoms with van der Waals surface area (Å²) >= 11 is 0. The number of hydrogen-bond donors (Lipinski definition) is 2. The number of carboxylic acids is 1. The Morgan fingerprint density at radius 1 is 1.33 bits per heavy atom. The minimum Gasteiger partial charge on any atom is -0.480 e. The summed E-state index contributed by atoms with van der Waals surface area (Å²) in [4.78, 5) is 22.8. The maximum absolute atomic E-state index is 11.8. The normalized spacial score (nSPS) is 12.8. The molecule has 6 heteroatoms. The number of rotatable bonds is 5. The Morgan fingerprint density at radius 2 is 1.94 bits per heavy atom. The molecular weight excluding hydrogens is 236 g/mol. The van der Waals surface area contributed by atoms with Crippen LogP contribution < -0.4 is 5.32 Å². The van der Waals surface area contributed by atoms with E-state index in [0.29, 0.717) is 5.69 Å². The van der Waals surface area contributed by atoms with Gasteiger partial charge < -0.3 is 14.9 Å². The van der Waals surface area contributed by atoms with E-state index >= 15 is 0 Å². The van der Waals surface area contributed by atoms with Gasteiger partial charge in [-0.25, -0.2) is 4.79 Å². The van der Waals surface area contributed by atoms with E-state index in [-0.39, 0.29) is 17.6 Å². The number of amides is 1. The summed E-state index contributed by atoms with van der Waals surface area (Å²) in [6, 6.07) is 0.587. The first-order valence-corrected chi connectivity index (χ1v) is 5.83. The van der Waals surface area contributed by atoms with E-state index in [9.17, 15) is 9.59 Å². The monoisotopic (exact) mass is 254 g/mol. The molecule has 0 spiro atoms. The molecule has 100 valence electrons. The number of nitrogens with one attached hydrogen (secondary N) is 1. The maximum Gasteiger partial charge on any atom is 0.326 e. The van der Waals surface area contributed by atoms with Crippen molar-refractivity contribution >= 4 is 11.9 Å². The largest absolute Gasteiger partial charge is 0.480 e. The van der Waals surface area contributed by atoms with E-state index in [1.54, 1.807) is 13.8 Å². The molecule has 0 bridgehead atoms. The van der Waals surface area contributed by atoms with Gasteiger partial charge in [0.15, 0.2) is 0 Å². The third-order valence-corrected chi connectivity index (χ3v) is 2.56. The first kappa shape index (κ1) is 14.2. The molecule has 1 aromatic rings. The summed E-state index contributed by atoms with van der Waals surface area (Å²) in [5, 5.41) is 15.1. The van der Waals surface area contributed by atoms with Gasteiger partial charge >= 0.3 is 5.97 Å². The van der Waals surface area contributed by atoms with Crippen LogP contribution in [0.4, 0.5) is 0 Å². The van der Waals surface area contributed by atoms with Gasteiger partial charge in [-0.05, 0) is 11.8 Å². The van der Waals surface area contributed by atoms with Crippen molar-refractivity contribution in [2.45, 2.75) is 39.7 Å². The van der Waals surface area contributed by atoms with Crippen LogP contribution in [0.3, 0.4) is 0 Å². The first-order valence-electron chi connectivity index (χ1n) is 5.83. The van der Waals surface area contributed by atoms with Crippen LogP contribution >= 0.6 is 0 Å². The second-order valence-corrected chi connectivity index (χ2v) is 4.80. The number of carbonyl (C=O) groups excluding carboxylic acids is 1. The molecule has 6 nitrogen and oxygen atoms in total. The SMILES string of the molecule is CC(C)c1cc(C(=O)N[C@@H](C(=O)O)C(C)C)on1. The molecule has 0 unspecified atom stereocenters. The van der Waals surface area contributed by atoms with Crippen LogP contribution in [0, 0.1) is 5.92 Å². The number of aliphatic carboxylic acids is 1. The van der Waals surface area contributed by atoms with Crippen LogP contribution in [0.1, 0.15) is 49.9 Å². The second-order valence-electron chi connectivity index (χ2n) is 4.80. The lowest BCUT2D eigenvalue weighted by atomic mass is 10.0. The fraction of sp³-hybridized carbons (Fsp3) is 0.583. The van der Waals surface area contributed by atoms with Crippen molar-refractivity contribution in [3.05, 3.63) is 17.5 Å². The molecule has 1 rings (SSSR count). The van der Waals surface area contributed by atoms with Gasteiger partial charge in [-0.2, -0.15) is 0 Å². The summed E-state index contributed by atoms with van der Waals surface area (Å²) in [5.41, 5.74) is 0.663. The Kier molecular flexibility index (Phi) is 4.47. The topological polar surface area (TPSA) is 92.4 Å². The van der Waals surface area contributed by atoms with Crippen molar-refractivity contribution in [2.24, 2.45) is 5.92 Å². The van der Waals surface area contributed by atoms with E-state index in [0.717, 1.165) is 0 Å². The molecule has 0 saturated heterocycles. The van der Waals surface area contributed by atoms with Gasteiger partial charge in [0.1, 0.15) is 6.04 Å². The molecule has 0 aliphatic carbocycles. The molecule has 0 aliphatic heterocycles. The standard InChI is InChI=1S/C12H18N2O4/c1-6(2)8-5-9(18-14-8)11(15)13-10(7(3)4)12(16)17/h5-7,10H,1-4H3,(H,13,15)(H,16,17)/t10-/m1/s1. The molecule has 1 heterocycles. The Hall–Kier alpha value is -1.85. The second kappa shape index (κ2) is 5.66. The molecule has 0 fully saturated rings. The molecule has 18 heavy (non-hydrogen) atoms. The van der Waals surface area contributed by atoms with Crippen LogP contribution in [-0.4, -0.2) is 28.2 Å². The molecule has 1 atom stereocenters. The zero-order valence-corrected chi connectivity index (χ0v) is 10.9. The van der Waals surface area contributed by atoms with Crippen LogP contribution in [0.25, 0.3) is 0 Å². The van der Waals surface area contributed by atoms with Crippen LogP contribution in [0.5, 0.6) is 0 Å². The van der Waals surface area contributed by atoms with Gasteiger partial charge in [0, 0.05) is 6.07 Å². The lowest BCUT2D eigenvalue weighted by Crippen LogP contribution is -2.44. The summed E-state index contributed by atoms with van der Waals surface area (Å²) in [6.45, 7) is 7.29. The fourth-order valence-corrected chi connectivity index (χ4v) is 1.39. The van der Waals surface area contributed by atoms with Crippen molar-refractivity contribution in [1.29, 1.82) is 0 Å². The first-order chi connectivity index (χ1) is 8.32. The van der Waals surface area contributed by atoms with Crippen molar-refractivity contribution in [3.63, 3.8) is 0 Å². The zero-order chi connectivity index (χ0) is 13.9. The lowest BCUT2D eigenvalue weighted by molar-refractivity contribution is -0.140. The number of aromatic nitrogens is 1. The van der Waals surface area contributed by atoms with Crippen LogP contribution in [0.15, 0.2) is 10.6 Å². The summed E-state index contributed by atoms with van der Waals surface area (Å²) in [6.07, 6.45) is 0. The molecule has 1 amide bonds. The Bertz CT molecular complexity index is 437. The molecule has 2 N–H and O–H groups in total. The highest BCUT2D eigenvalue weighted by molar-refractivity contribution is 5.94. The lowest BCUT2D eigenvalue weighted by Gasteiger charge is -2.16. The van der Waals surface area contributed by atoms with Gasteiger partial charge in [-0.1, -0.05) is 32.9 Å². The third-order valence-electron chi connectivity index (χ3n) is 2.56. The third kappa shape index (κ3) is 3.32. The fourth-order valence-electron chi connectivity index (χ4n) is 1.39. The Balaban J connectivity index is 2.77. The van der Waals surface area contributed by atoms with E-state index in [2.05, 4.69) is 10.5 Å². The zero-order valence-electron chi connectivity index (χ0n) is 10.9. The number of nitrogens with zero attached hydrogens (tertiary/aromatic N) is 1. The number of carbonyl (C=O) groups is 2. The highest BCUT2D eigenvalue weighted by Crippen LogP contribution is 2.14. The molecule has 0 radical (unpaired) electrons. The van der Waals surface area contributed by atoms with Gasteiger partial charge in [0.2, 0.25) is 5.76 Å². The van der Waals surface area contributed by atoms with Gasteiger partial charge in [-0.15, -0.1) is 0 Å². The average molecular weight is 254 g/mol. The summed E-state index contributed by atoms with van der Waals surface area (Å²) in [7, 11) is 0. The molecule has 0 saturated carbocycles. The average Bonchev–Trinajstić information content (AvgIpc) is 2.73. The van der Waals surface area contributed by atoms with Gasteiger partial charge in [-0.3, -0.25) is 4.79 Å². The smallest absolute Gasteiger partial charge is 0.326 e. The predicted octanol–water partition coefficient (Wildman–Crippen LogP) is 1.64. The number of carboxylic acid groups (broad SMARTS) is 1. The van der Waals surface area contributed by atoms with Gasteiger partial charge in [0.05, 0.1) is 5.69 Å². The summed E-state index contributed by atoms with van der Waals surface area (Å²) < 4.78 is 4.89. The minimum absolute atomic E-state index is 0.0330. The highest BCUT2D eigenvalue weighted by atomic mass is 16.5. The van der Waals surface area contributed by atoms with Crippen molar-refractivity contribution < 1.29 is 19.2 Å². The Labute approximate surface area is 105 Å². The van der Waals surface area contributed by atoms with Crippen molar-refractivity contribution in [1.82, 2.24) is 10.5 Å². The van der Waals surface area contributed by atoms with E-state index in [1.165, 1.54) is 6.07 Å². The number of hydrogen-bond acceptors (Lipinski definition) is 4. The van der Waals surface area contributed by atoms with E-state index in [1.807, 2.05) is 13.8 Å². The van der Waals surface area contributed by atoms with Crippen molar-refractivity contribution in [2.75, 3.05) is 0 Å². The molecule has 0 aliphatic rings. The van der Waals surface area contributed by atoms with Crippen LogP contribution in [-0.2, 0) is 4.79 Å². The maximum atomic E-state index is 11.8. The van der Waals surface area contributed by atoms with E-state index < -0.39 is 17.9 Å². The molecular formula is C12H18N2O4. The van der Waals surface area contributed by atoms with Gasteiger partial charge in [0.25, 0.3) is 5.91 Å². The van der Waals surface area contributed by atoms with Crippen LogP contribution in [0.2, 0.25) is 0 Å². The molecule has 0 aromatic carbocycles. The predicted molar refractivity (Wildman–Crippen MR) is 64.3 cm³/mol. The van der Waals surface area contributed by atoms with E-state index in [4.69, 9.17) is 9.63 Å². The quantitative estimate of drug-likeness (QED) is 0.833. The molecule has 1 aromatic heterocycles. The summed E-state index contributed by atoms with van der Waals surface area (Å²) in [5.74, 6) is -1.65. The van der Waals surface area contributed by atoms with Crippen molar-refractivity contribution in [3.8, 4) is 0 Å². The minimum atomic E-state index is -1.07.